The third-order valence-corrected chi connectivity index (χ3v) is 6.77. The molecule has 4 unspecified atom stereocenters. The summed E-state index contributed by atoms with van der Waals surface area (Å²) >= 11 is 0. The van der Waals surface area contributed by atoms with Crippen molar-refractivity contribution in [3.05, 3.63) is 35.4 Å². The summed E-state index contributed by atoms with van der Waals surface area (Å²) in [5.74, 6) is -0.240. The van der Waals surface area contributed by atoms with E-state index in [1.54, 1.807) is 25.7 Å². The average Bonchev–Trinajstić information content (AvgIpc) is 2.81. The van der Waals surface area contributed by atoms with Gasteiger partial charge < -0.3 is 20.3 Å². The first-order chi connectivity index (χ1) is 17.9. The summed E-state index contributed by atoms with van der Waals surface area (Å²) in [5, 5.41) is 5.96. The Labute approximate surface area is 237 Å². The summed E-state index contributed by atoms with van der Waals surface area (Å²) in [6.07, 6.45) is 2.54. The van der Waals surface area contributed by atoms with Crippen LogP contribution in [0.5, 0.6) is 0 Å². The van der Waals surface area contributed by atoms with E-state index in [0.29, 0.717) is 12.3 Å². The van der Waals surface area contributed by atoms with Crippen molar-refractivity contribution in [2.75, 3.05) is 0 Å². The number of rotatable bonds is 12. The molecule has 3 amide bonds. The van der Waals surface area contributed by atoms with E-state index in [2.05, 4.69) is 31.4 Å². The highest BCUT2D eigenvalue weighted by Crippen LogP contribution is 2.30. The number of ether oxygens (including phenoxy) is 1. The van der Waals surface area contributed by atoms with Gasteiger partial charge in [0.2, 0.25) is 11.8 Å². The van der Waals surface area contributed by atoms with Crippen molar-refractivity contribution in [2.45, 2.75) is 138 Å². The fraction of sp³-hybridized carbons (Fsp3) is 0.719. The van der Waals surface area contributed by atoms with Gasteiger partial charge >= 0.3 is 6.09 Å². The van der Waals surface area contributed by atoms with Crippen molar-refractivity contribution in [3.63, 3.8) is 0 Å². The van der Waals surface area contributed by atoms with E-state index in [1.807, 2.05) is 65.8 Å². The minimum atomic E-state index is -0.850. The third kappa shape index (κ3) is 11.6. The molecule has 0 aliphatic heterocycles. The largest absolute Gasteiger partial charge is 0.444 e. The highest BCUT2D eigenvalue weighted by molar-refractivity contribution is 5.92. The number of carbonyl (C=O) groups is 3. The first-order valence-corrected chi connectivity index (χ1v) is 14.6. The number of hydrogen-bond donors (Lipinski definition) is 2. The maximum absolute atomic E-state index is 14.5. The maximum atomic E-state index is 14.5. The molecule has 4 atom stereocenters. The zero-order chi connectivity index (χ0) is 30.1. The third-order valence-electron chi connectivity index (χ3n) is 6.77. The Hall–Kier alpha value is -2.57. The molecule has 1 rings (SSSR count). The Balaban J connectivity index is 3.70. The van der Waals surface area contributed by atoms with E-state index >= 15 is 0 Å². The van der Waals surface area contributed by atoms with Gasteiger partial charge in [-0.05, 0) is 90.7 Å². The van der Waals surface area contributed by atoms with E-state index in [-0.39, 0.29) is 23.8 Å². The van der Waals surface area contributed by atoms with Crippen LogP contribution in [0.15, 0.2) is 24.3 Å². The van der Waals surface area contributed by atoms with E-state index in [9.17, 15) is 14.4 Å². The molecule has 0 heterocycles. The second kappa shape index (κ2) is 14.7. The molecule has 0 radical (unpaired) electrons. The van der Waals surface area contributed by atoms with Crippen LogP contribution in [0.4, 0.5) is 4.79 Å². The van der Waals surface area contributed by atoms with Crippen molar-refractivity contribution in [2.24, 2.45) is 11.8 Å². The van der Waals surface area contributed by atoms with Crippen molar-refractivity contribution >= 4 is 17.9 Å². The van der Waals surface area contributed by atoms with Crippen molar-refractivity contribution < 1.29 is 19.1 Å². The predicted octanol–water partition coefficient (Wildman–Crippen LogP) is 6.80. The summed E-state index contributed by atoms with van der Waals surface area (Å²) in [6, 6.07) is 5.98. The molecule has 0 saturated heterocycles. The average molecular weight is 546 g/mol. The van der Waals surface area contributed by atoms with Crippen LogP contribution in [0.3, 0.4) is 0 Å². The van der Waals surface area contributed by atoms with Gasteiger partial charge in [0, 0.05) is 11.6 Å². The Bertz CT molecular complexity index is 928. The summed E-state index contributed by atoms with van der Waals surface area (Å²) in [7, 11) is 0. The number of benzene rings is 1. The quantitative estimate of drug-likeness (QED) is 0.302. The van der Waals surface area contributed by atoms with E-state index in [4.69, 9.17) is 4.74 Å². The molecule has 1 aromatic rings. The molecular weight excluding hydrogens is 490 g/mol. The van der Waals surface area contributed by atoms with Crippen molar-refractivity contribution in [1.29, 1.82) is 0 Å². The lowest BCUT2D eigenvalue weighted by atomic mass is 9.92. The molecule has 1 aromatic carbocycles. The fourth-order valence-corrected chi connectivity index (χ4v) is 4.40. The van der Waals surface area contributed by atoms with Crippen LogP contribution in [0.25, 0.3) is 0 Å². The van der Waals surface area contributed by atoms with Gasteiger partial charge in [0.05, 0.1) is 0 Å². The standard InChI is InChI=1S/C32H55N3O4/c1-13-22(5)26(33-30(38)39-32(10,11)12)29(37)35(23(6)16-15-21(3)4)27(28(36)34-31(7,8)9)25-19-17-24(14-2)18-20-25/h17-23,26-27H,13-16H2,1-12H3,(H,33,38)(H,34,36). The molecule has 0 aliphatic rings. The van der Waals surface area contributed by atoms with Crippen molar-refractivity contribution in [3.8, 4) is 0 Å². The predicted molar refractivity (Wildman–Crippen MR) is 159 cm³/mol. The number of nitrogens with zero attached hydrogens (tertiary/aromatic N) is 1. The minimum Gasteiger partial charge on any atom is -0.444 e. The van der Waals surface area contributed by atoms with Gasteiger partial charge in [0.1, 0.15) is 17.7 Å². The number of hydrogen-bond acceptors (Lipinski definition) is 4. The fourth-order valence-electron chi connectivity index (χ4n) is 4.40. The van der Waals surface area contributed by atoms with Crippen LogP contribution < -0.4 is 10.6 Å². The normalized spacial score (nSPS) is 15.2. The number of alkyl carbamates (subject to hydrolysis) is 1. The van der Waals surface area contributed by atoms with E-state index in [1.165, 1.54) is 0 Å². The molecule has 39 heavy (non-hydrogen) atoms. The Morgan fingerprint density at radius 1 is 0.897 bits per heavy atom. The van der Waals surface area contributed by atoms with E-state index < -0.39 is 29.3 Å². The van der Waals surface area contributed by atoms with Gasteiger partial charge in [-0.1, -0.05) is 65.3 Å². The van der Waals surface area contributed by atoms with Gasteiger partial charge in [-0.3, -0.25) is 9.59 Å². The molecule has 0 saturated carbocycles. The molecule has 2 N–H and O–H groups in total. The molecule has 0 fully saturated rings. The maximum Gasteiger partial charge on any atom is 0.408 e. The second-order valence-electron chi connectivity index (χ2n) is 13.3. The first kappa shape index (κ1) is 34.5. The van der Waals surface area contributed by atoms with Crippen LogP contribution in [0.1, 0.15) is 120 Å². The number of nitrogens with one attached hydrogen (secondary N) is 2. The summed E-state index contributed by atoms with van der Waals surface area (Å²) < 4.78 is 5.52. The zero-order valence-electron chi connectivity index (χ0n) is 26.6. The van der Waals surface area contributed by atoms with Crippen LogP contribution in [-0.4, -0.2) is 46.0 Å². The van der Waals surface area contributed by atoms with Gasteiger partial charge in [-0.2, -0.15) is 0 Å². The van der Waals surface area contributed by atoms with Crippen LogP contribution >= 0.6 is 0 Å². The Kier molecular flexibility index (Phi) is 13.0. The number of amides is 3. The molecule has 7 nitrogen and oxygen atoms in total. The van der Waals surface area contributed by atoms with E-state index in [0.717, 1.165) is 30.4 Å². The molecule has 0 spiro atoms. The topological polar surface area (TPSA) is 87.7 Å². The monoisotopic (exact) mass is 545 g/mol. The van der Waals surface area contributed by atoms with Crippen molar-refractivity contribution in [1.82, 2.24) is 15.5 Å². The Morgan fingerprint density at radius 2 is 1.46 bits per heavy atom. The highest BCUT2D eigenvalue weighted by atomic mass is 16.6. The lowest BCUT2D eigenvalue weighted by Gasteiger charge is -2.40. The van der Waals surface area contributed by atoms with Crippen LogP contribution in [0.2, 0.25) is 0 Å². The summed E-state index contributed by atoms with van der Waals surface area (Å²) in [4.78, 5) is 43.0. The molecule has 7 heteroatoms. The van der Waals surface area contributed by atoms with Gasteiger partial charge in [-0.15, -0.1) is 0 Å². The van der Waals surface area contributed by atoms with Gasteiger partial charge in [0.25, 0.3) is 0 Å². The lowest BCUT2D eigenvalue weighted by molar-refractivity contribution is -0.146. The molecule has 0 aliphatic carbocycles. The second-order valence-corrected chi connectivity index (χ2v) is 13.3. The SMILES string of the molecule is CCc1ccc(C(C(=O)NC(C)(C)C)N(C(=O)C(NC(=O)OC(C)(C)C)C(C)CC)C(C)CCC(C)C)cc1. The molecule has 0 aromatic heterocycles. The van der Waals surface area contributed by atoms with Gasteiger partial charge in [-0.25, -0.2) is 4.79 Å². The molecule has 222 valence electrons. The summed E-state index contributed by atoms with van der Waals surface area (Å²) in [6.45, 7) is 23.5. The number of carbonyl (C=O) groups excluding carboxylic acids is 3. The van der Waals surface area contributed by atoms with Gasteiger partial charge in [0.15, 0.2) is 0 Å². The smallest absolute Gasteiger partial charge is 0.408 e. The highest BCUT2D eigenvalue weighted by Gasteiger charge is 2.41. The molecule has 0 bridgehead atoms. The Morgan fingerprint density at radius 3 is 1.90 bits per heavy atom. The minimum absolute atomic E-state index is 0.168. The first-order valence-electron chi connectivity index (χ1n) is 14.6. The number of aryl methyl sites for hydroxylation is 1. The molecular formula is C32H55N3O4. The lowest BCUT2D eigenvalue weighted by Crippen LogP contribution is -2.58. The summed E-state index contributed by atoms with van der Waals surface area (Å²) in [5.41, 5.74) is 0.717. The van der Waals surface area contributed by atoms with Crippen LogP contribution in [0, 0.1) is 11.8 Å². The van der Waals surface area contributed by atoms with Crippen LogP contribution in [-0.2, 0) is 20.7 Å². The zero-order valence-corrected chi connectivity index (χ0v) is 26.6.